The molecule has 2 saturated heterocycles. The minimum atomic E-state index is -0.289. The number of hydrogen-bond acceptors (Lipinski definition) is 4. The van der Waals surface area contributed by atoms with E-state index in [0.29, 0.717) is 39.1 Å². The van der Waals surface area contributed by atoms with Gasteiger partial charge in [-0.15, -0.1) is 0 Å². The van der Waals surface area contributed by atoms with Crippen LogP contribution < -0.4 is 4.74 Å². The molecule has 0 radical (unpaired) electrons. The predicted molar refractivity (Wildman–Crippen MR) is 112 cm³/mol. The van der Waals surface area contributed by atoms with E-state index in [1.54, 1.807) is 5.06 Å². The van der Waals surface area contributed by atoms with Crippen molar-refractivity contribution in [1.29, 1.82) is 0 Å². The van der Waals surface area contributed by atoms with Gasteiger partial charge in [-0.05, 0) is 37.0 Å². The summed E-state index contributed by atoms with van der Waals surface area (Å²) in [6, 6.07) is 19.4. The predicted octanol–water partition coefficient (Wildman–Crippen LogP) is 3.57. The van der Waals surface area contributed by atoms with Crippen LogP contribution in [0, 0.1) is 0 Å². The number of hydroxylamine groups is 2. The number of rotatable bonds is 7. The first-order valence-electron chi connectivity index (χ1n) is 10.6. The zero-order chi connectivity index (χ0) is 20.8. The number of carbonyl (C=O) groups excluding carboxylic acids is 2. The lowest BCUT2D eigenvalue weighted by molar-refractivity contribution is -0.222. The topological polar surface area (TPSA) is 59.1 Å². The minimum absolute atomic E-state index is 0.0435. The molecule has 0 saturated carbocycles. The van der Waals surface area contributed by atoms with Crippen molar-refractivity contribution in [3.05, 3.63) is 66.2 Å². The maximum atomic E-state index is 12.6. The van der Waals surface area contributed by atoms with Crippen molar-refractivity contribution in [1.82, 2.24) is 9.96 Å². The van der Waals surface area contributed by atoms with Crippen molar-refractivity contribution in [2.75, 3.05) is 19.7 Å². The zero-order valence-corrected chi connectivity index (χ0v) is 17.2. The number of carbonyl (C=O) groups is 2. The standard InChI is InChI=1S/C24H28N2O4/c27-22(12-18-29-21-9-5-2-6-10-21)25-16-14-24(15-17-25)13-11-23(28)26(24)30-19-20-7-3-1-4-8-20/h1-10H,11-19H2. The average Bonchev–Trinajstić information content (AvgIpc) is 3.09. The number of ether oxygens (including phenoxy) is 1. The summed E-state index contributed by atoms with van der Waals surface area (Å²) in [6.45, 7) is 2.04. The molecule has 6 heteroatoms. The monoisotopic (exact) mass is 408 g/mol. The SMILES string of the molecule is O=C(CCOc1ccccc1)N1CCC2(CCC(=O)N2OCc2ccccc2)CC1. The normalized spacial score (nSPS) is 18.1. The molecule has 1 spiro atoms. The fourth-order valence-corrected chi connectivity index (χ4v) is 4.29. The molecule has 0 aromatic heterocycles. The van der Waals surface area contributed by atoms with Gasteiger partial charge in [0.1, 0.15) is 12.4 Å². The highest BCUT2D eigenvalue weighted by Gasteiger charge is 2.48. The summed E-state index contributed by atoms with van der Waals surface area (Å²) in [6.07, 6.45) is 3.15. The third-order valence-corrected chi connectivity index (χ3v) is 6.04. The number of amides is 2. The van der Waals surface area contributed by atoms with Crippen molar-refractivity contribution in [3.8, 4) is 5.75 Å². The summed E-state index contributed by atoms with van der Waals surface area (Å²) < 4.78 is 5.65. The number of para-hydroxylation sites is 1. The molecule has 2 amide bonds. The van der Waals surface area contributed by atoms with Crippen LogP contribution in [-0.2, 0) is 21.0 Å². The molecule has 2 aliphatic rings. The molecule has 0 atom stereocenters. The summed E-state index contributed by atoms with van der Waals surface area (Å²) >= 11 is 0. The fraction of sp³-hybridized carbons (Fsp3) is 0.417. The van der Waals surface area contributed by atoms with E-state index in [0.717, 1.165) is 30.6 Å². The van der Waals surface area contributed by atoms with Gasteiger partial charge in [-0.2, -0.15) is 0 Å². The maximum Gasteiger partial charge on any atom is 0.246 e. The van der Waals surface area contributed by atoms with Crippen LogP contribution in [0.25, 0.3) is 0 Å². The molecular formula is C24H28N2O4. The number of likely N-dealkylation sites (tertiary alicyclic amines) is 1. The van der Waals surface area contributed by atoms with Crippen LogP contribution in [0.3, 0.4) is 0 Å². The summed E-state index contributed by atoms with van der Waals surface area (Å²) in [4.78, 5) is 32.9. The van der Waals surface area contributed by atoms with Crippen LogP contribution >= 0.6 is 0 Å². The van der Waals surface area contributed by atoms with E-state index in [4.69, 9.17) is 9.57 Å². The highest BCUT2D eigenvalue weighted by Crippen LogP contribution is 2.39. The van der Waals surface area contributed by atoms with Gasteiger partial charge in [0.15, 0.2) is 0 Å². The number of benzene rings is 2. The van der Waals surface area contributed by atoms with Gasteiger partial charge in [0.25, 0.3) is 0 Å². The lowest BCUT2D eigenvalue weighted by atomic mass is 9.86. The fourth-order valence-electron chi connectivity index (χ4n) is 4.29. The van der Waals surface area contributed by atoms with Crippen LogP contribution in [0.1, 0.15) is 37.7 Å². The lowest BCUT2D eigenvalue weighted by Gasteiger charge is -2.43. The second-order valence-corrected chi connectivity index (χ2v) is 7.96. The Hall–Kier alpha value is -2.86. The van der Waals surface area contributed by atoms with Gasteiger partial charge < -0.3 is 9.64 Å². The largest absolute Gasteiger partial charge is 0.493 e. The molecule has 2 aromatic carbocycles. The molecule has 0 aliphatic carbocycles. The number of piperidine rings is 1. The first-order chi connectivity index (χ1) is 14.7. The van der Waals surface area contributed by atoms with E-state index in [2.05, 4.69) is 0 Å². The quantitative estimate of drug-likeness (QED) is 0.703. The first-order valence-corrected chi connectivity index (χ1v) is 10.6. The van der Waals surface area contributed by atoms with Crippen molar-refractivity contribution in [2.45, 2.75) is 44.2 Å². The highest BCUT2D eigenvalue weighted by molar-refractivity contribution is 5.79. The van der Waals surface area contributed by atoms with E-state index in [1.807, 2.05) is 65.6 Å². The molecule has 2 aromatic rings. The van der Waals surface area contributed by atoms with Crippen molar-refractivity contribution < 1.29 is 19.2 Å². The van der Waals surface area contributed by atoms with E-state index < -0.39 is 0 Å². The van der Waals surface area contributed by atoms with E-state index in [9.17, 15) is 9.59 Å². The molecule has 6 nitrogen and oxygen atoms in total. The van der Waals surface area contributed by atoms with Gasteiger partial charge in [0.05, 0.1) is 18.6 Å². The molecule has 2 heterocycles. The van der Waals surface area contributed by atoms with Gasteiger partial charge in [-0.1, -0.05) is 48.5 Å². The summed E-state index contributed by atoms with van der Waals surface area (Å²) in [5, 5.41) is 1.61. The second kappa shape index (κ2) is 9.30. The highest BCUT2D eigenvalue weighted by atomic mass is 16.7. The molecule has 2 fully saturated rings. The van der Waals surface area contributed by atoms with Gasteiger partial charge in [0, 0.05) is 19.5 Å². The van der Waals surface area contributed by atoms with E-state index in [-0.39, 0.29) is 17.4 Å². The van der Waals surface area contributed by atoms with Gasteiger partial charge >= 0.3 is 0 Å². The van der Waals surface area contributed by atoms with Crippen molar-refractivity contribution >= 4 is 11.8 Å². The number of hydrogen-bond donors (Lipinski definition) is 0. The van der Waals surface area contributed by atoms with E-state index in [1.165, 1.54) is 0 Å². The molecule has 158 valence electrons. The molecule has 0 N–H and O–H groups in total. The summed E-state index contributed by atoms with van der Waals surface area (Å²) in [7, 11) is 0. The molecule has 30 heavy (non-hydrogen) atoms. The Morgan fingerprint density at radius 3 is 2.30 bits per heavy atom. The van der Waals surface area contributed by atoms with Gasteiger partial charge in [-0.3, -0.25) is 14.4 Å². The maximum absolute atomic E-state index is 12.6. The third-order valence-electron chi connectivity index (χ3n) is 6.04. The lowest BCUT2D eigenvalue weighted by Crippen LogP contribution is -2.54. The van der Waals surface area contributed by atoms with Crippen LogP contribution in [0.4, 0.5) is 0 Å². The Morgan fingerprint density at radius 2 is 1.60 bits per heavy atom. The van der Waals surface area contributed by atoms with Crippen LogP contribution in [-0.4, -0.2) is 47.0 Å². The summed E-state index contributed by atoms with van der Waals surface area (Å²) in [5.41, 5.74) is 0.752. The summed E-state index contributed by atoms with van der Waals surface area (Å²) in [5.74, 6) is 0.919. The van der Waals surface area contributed by atoms with Gasteiger partial charge in [-0.25, -0.2) is 5.06 Å². The van der Waals surface area contributed by atoms with E-state index >= 15 is 0 Å². The van der Waals surface area contributed by atoms with Crippen LogP contribution in [0.15, 0.2) is 60.7 Å². The Balaban J connectivity index is 1.27. The molecule has 4 rings (SSSR count). The molecular weight excluding hydrogens is 380 g/mol. The smallest absolute Gasteiger partial charge is 0.246 e. The second-order valence-electron chi connectivity index (χ2n) is 7.96. The van der Waals surface area contributed by atoms with Gasteiger partial charge in [0.2, 0.25) is 11.8 Å². The molecule has 2 aliphatic heterocycles. The molecule has 0 bridgehead atoms. The average molecular weight is 408 g/mol. The van der Waals surface area contributed by atoms with Crippen LogP contribution in [0.2, 0.25) is 0 Å². The van der Waals surface area contributed by atoms with Crippen LogP contribution in [0.5, 0.6) is 5.75 Å². The Bertz CT molecular complexity index is 848. The Morgan fingerprint density at radius 1 is 0.933 bits per heavy atom. The zero-order valence-electron chi connectivity index (χ0n) is 17.2. The molecule has 0 unspecified atom stereocenters. The minimum Gasteiger partial charge on any atom is -0.493 e. The first kappa shape index (κ1) is 20.4. The Kier molecular flexibility index (Phi) is 6.33. The third kappa shape index (κ3) is 4.65. The number of nitrogens with zero attached hydrogens (tertiary/aromatic N) is 2. The van der Waals surface area contributed by atoms with Crippen molar-refractivity contribution in [2.24, 2.45) is 0 Å². The Labute approximate surface area is 177 Å². The van der Waals surface area contributed by atoms with Crippen molar-refractivity contribution in [3.63, 3.8) is 0 Å².